The zero-order chi connectivity index (χ0) is 15.3. The van der Waals surface area contributed by atoms with Crippen LogP contribution in [0.5, 0.6) is 0 Å². The van der Waals surface area contributed by atoms with Gasteiger partial charge in [0, 0.05) is 11.8 Å². The van der Waals surface area contributed by atoms with Gasteiger partial charge < -0.3 is 0 Å². The number of hydrogen-bond donors (Lipinski definition) is 0. The first kappa shape index (κ1) is 14.5. The topological polar surface area (TPSA) is 34.1 Å². The molecule has 0 radical (unpaired) electrons. The number of carbonyl (C=O) groups excluding carboxylic acids is 2. The van der Waals surface area contributed by atoms with E-state index in [1.807, 2.05) is 13.8 Å². The summed E-state index contributed by atoms with van der Waals surface area (Å²) in [6, 6.07) is 4.18. The number of Topliss-reactive ketones (excluding diaryl/α,β-unsaturated/α-hetero) is 2. The Balaban J connectivity index is 2.08. The Bertz CT molecular complexity index is 591. The lowest BCUT2D eigenvalue weighted by atomic mass is 9.74. The highest BCUT2D eigenvalue weighted by Gasteiger charge is 2.53. The van der Waals surface area contributed by atoms with Crippen LogP contribution in [0.15, 0.2) is 12.1 Å². The Kier molecular flexibility index (Phi) is 3.51. The fourth-order valence-electron chi connectivity index (χ4n) is 4.69. The van der Waals surface area contributed by atoms with Crippen LogP contribution in [-0.2, 0) is 9.59 Å². The van der Waals surface area contributed by atoms with Crippen molar-refractivity contribution in [1.29, 1.82) is 0 Å². The van der Waals surface area contributed by atoms with E-state index >= 15 is 0 Å². The monoisotopic (exact) mass is 284 g/mol. The second-order valence-electron chi connectivity index (χ2n) is 7.09. The van der Waals surface area contributed by atoms with E-state index in [-0.39, 0.29) is 23.4 Å². The third kappa shape index (κ3) is 2.16. The molecule has 4 atom stereocenters. The third-order valence-corrected chi connectivity index (χ3v) is 5.51. The number of ketones is 2. The third-order valence-electron chi connectivity index (χ3n) is 5.51. The van der Waals surface area contributed by atoms with Gasteiger partial charge in [0.15, 0.2) is 11.6 Å². The van der Waals surface area contributed by atoms with Crippen molar-refractivity contribution in [2.45, 2.75) is 52.9 Å². The molecule has 1 aromatic carbocycles. The SMILES string of the molecule is Cc1cc(C)c(C2C(=O)C3CCCC(C)C3C2=O)c(C)c1. The van der Waals surface area contributed by atoms with E-state index in [4.69, 9.17) is 0 Å². The first-order valence-corrected chi connectivity index (χ1v) is 8.07. The van der Waals surface area contributed by atoms with Gasteiger partial charge in [-0.3, -0.25) is 9.59 Å². The van der Waals surface area contributed by atoms with Crippen molar-refractivity contribution in [3.8, 4) is 0 Å². The number of hydrogen-bond acceptors (Lipinski definition) is 2. The molecule has 2 fully saturated rings. The summed E-state index contributed by atoms with van der Waals surface area (Å²) >= 11 is 0. The average molecular weight is 284 g/mol. The Morgan fingerprint density at radius 2 is 1.57 bits per heavy atom. The van der Waals surface area contributed by atoms with Gasteiger partial charge in [0.1, 0.15) is 5.92 Å². The molecule has 21 heavy (non-hydrogen) atoms. The Morgan fingerprint density at radius 1 is 0.952 bits per heavy atom. The molecule has 3 rings (SSSR count). The molecule has 2 aliphatic carbocycles. The van der Waals surface area contributed by atoms with Crippen molar-refractivity contribution in [2.24, 2.45) is 17.8 Å². The summed E-state index contributed by atoms with van der Waals surface area (Å²) in [5.41, 5.74) is 4.35. The van der Waals surface area contributed by atoms with E-state index in [1.165, 1.54) is 5.56 Å². The average Bonchev–Trinajstić information content (AvgIpc) is 2.64. The number of aryl methyl sites for hydroxylation is 3. The summed E-state index contributed by atoms with van der Waals surface area (Å²) in [7, 11) is 0. The molecule has 4 unspecified atom stereocenters. The predicted molar refractivity (Wildman–Crippen MR) is 83.4 cm³/mol. The van der Waals surface area contributed by atoms with E-state index in [2.05, 4.69) is 26.0 Å². The van der Waals surface area contributed by atoms with E-state index in [1.54, 1.807) is 0 Å². The molecule has 1 aromatic rings. The van der Waals surface area contributed by atoms with Crippen molar-refractivity contribution >= 4 is 11.6 Å². The smallest absolute Gasteiger partial charge is 0.151 e. The molecule has 0 aromatic heterocycles. The van der Waals surface area contributed by atoms with Gasteiger partial charge in [0.05, 0.1) is 0 Å². The summed E-state index contributed by atoms with van der Waals surface area (Å²) in [6.07, 6.45) is 3.07. The van der Waals surface area contributed by atoms with Crippen LogP contribution in [0.1, 0.15) is 54.4 Å². The van der Waals surface area contributed by atoms with Gasteiger partial charge in [0.2, 0.25) is 0 Å². The van der Waals surface area contributed by atoms with Gasteiger partial charge in [-0.1, -0.05) is 31.0 Å². The lowest BCUT2D eigenvalue weighted by Crippen LogP contribution is -2.28. The minimum Gasteiger partial charge on any atom is -0.298 e. The van der Waals surface area contributed by atoms with Gasteiger partial charge in [-0.2, -0.15) is 0 Å². The number of benzene rings is 1. The van der Waals surface area contributed by atoms with E-state index in [0.717, 1.165) is 36.0 Å². The molecule has 112 valence electrons. The van der Waals surface area contributed by atoms with Gasteiger partial charge in [0.25, 0.3) is 0 Å². The Morgan fingerprint density at radius 3 is 2.14 bits per heavy atom. The molecular weight excluding hydrogens is 260 g/mol. The van der Waals surface area contributed by atoms with Gasteiger partial charge in [-0.25, -0.2) is 0 Å². The first-order chi connectivity index (χ1) is 9.91. The number of carbonyl (C=O) groups is 2. The highest BCUT2D eigenvalue weighted by molar-refractivity contribution is 6.16. The molecular formula is C19H24O2. The number of rotatable bonds is 1. The molecule has 0 spiro atoms. The van der Waals surface area contributed by atoms with Gasteiger partial charge in [-0.15, -0.1) is 0 Å². The lowest BCUT2D eigenvalue weighted by molar-refractivity contribution is -0.125. The van der Waals surface area contributed by atoms with Crippen molar-refractivity contribution in [3.63, 3.8) is 0 Å². The van der Waals surface area contributed by atoms with Crippen LogP contribution in [0.3, 0.4) is 0 Å². The largest absolute Gasteiger partial charge is 0.298 e. The van der Waals surface area contributed by atoms with Gasteiger partial charge >= 0.3 is 0 Å². The highest BCUT2D eigenvalue weighted by Crippen LogP contribution is 2.47. The Hall–Kier alpha value is -1.44. The maximum Gasteiger partial charge on any atom is 0.151 e. The highest BCUT2D eigenvalue weighted by atomic mass is 16.2. The van der Waals surface area contributed by atoms with E-state index < -0.39 is 5.92 Å². The molecule has 0 heterocycles. The predicted octanol–water partition coefficient (Wildman–Crippen LogP) is 3.90. The van der Waals surface area contributed by atoms with Crippen LogP contribution >= 0.6 is 0 Å². The summed E-state index contributed by atoms with van der Waals surface area (Å²) < 4.78 is 0. The molecule has 2 heteroatoms. The van der Waals surface area contributed by atoms with Gasteiger partial charge in [-0.05, 0) is 56.2 Å². The minimum absolute atomic E-state index is 0.0219. The molecule has 0 saturated heterocycles. The summed E-state index contributed by atoms with van der Waals surface area (Å²) in [4.78, 5) is 25.8. The second-order valence-corrected chi connectivity index (χ2v) is 7.09. The maximum absolute atomic E-state index is 12.9. The molecule has 2 saturated carbocycles. The number of fused-ring (bicyclic) bond motifs is 1. The molecule has 0 N–H and O–H groups in total. The first-order valence-electron chi connectivity index (χ1n) is 8.07. The van der Waals surface area contributed by atoms with Crippen molar-refractivity contribution in [3.05, 3.63) is 34.4 Å². The standard InChI is InChI=1S/C19H24O2/c1-10-8-12(3)15(13(4)9-10)17-18(20)14-7-5-6-11(2)16(14)19(17)21/h8-9,11,14,16-17H,5-7H2,1-4H3. The normalized spacial score (nSPS) is 32.4. The van der Waals surface area contributed by atoms with Crippen molar-refractivity contribution in [1.82, 2.24) is 0 Å². The van der Waals surface area contributed by atoms with Crippen LogP contribution in [-0.4, -0.2) is 11.6 Å². The second kappa shape index (κ2) is 5.08. The summed E-state index contributed by atoms with van der Waals surface area (Å²) in [6.45, 7) is 8.26. The summed E-state index contributed by atoms with van der Waals surface area (Å²) in [5.74, 6) is 0.180. The zero-order valence-corrected chi connectivity index (χ0v) is 13.4. The van der Waals surface area contributed by atoms with E-state index in [9.17, 15) is 9.59 Å². The molecule has 2 nitrogen and oxygen atoms in total. The summed E-state index contributed by atoms with van der Waals surface area (Å²) in [5, 5.41) is 0. The zero-order valence-electron chi connectivity index (χ0n) is 13.4. The molecule has 0 aliphatic heterocycles. The van der Waals surface area contributed by atoms with Crippen LogP contribution in [0.25, 0.3) is 0 Å². The van der Waals surface area contributed by atoms with Crippen molar-refractivity contribution < 1.29 is 9.59 Å². The lowest BCUT2D eigenvalue weighted by Gasteiger charge is -2.28. The molecule has 0 bridgehead atoms. The fraction of sp³-hybridized carbons (Fsp3) is 0.579. The minimum atomic E-state index is -0.499. The quantitative estimate of drug-likeness (QED) is 0.733. The molecule has 0 amide bonds. The van der Waals surface area contributed by atoms with Crippen LogP contribution in [0.2, 0.25) is 0 Å². The van der Waals surface area contributed by atoms with Crippen LogP contribution < -0.4 is 0 Å². The van der Waals surface area contributed by atoms with Crippen LogP contribution in [0.4, 0.5) is 0 Å². The Labute approximate surface area is 126 Å². The van der Waals surface area contributed by atoms with Crippen molar-refractivity contribution in [2.75, 3.05) is 0 Å². The van der Waals surface area contributed by atoms with Crippen LogP contribution in [0, 0.1) is 38.5 Å². The van der Waals surface area contributed by atoms with E-state index in [0.29, 0.717) is 5.92 Å². The maximum atomic E-state index is 12.9. The fourth-order valence-corrected chi connectivity index (χ4v) is 4.69. The molecule has 2 aliphatic rings.